The predicted molar refractivity (Wildman–Crippen MR) is 65.7 cm³/mol. The molecule has 0 aliphatic carbocycles. The van der Waals surface area contributed by atoms with Gasteiger partial charge >= 0.3 is 0 Å². The first kappa shape index (κ1) is 10.5. The second-order valence-corrected chi connectivity index (χ2v) is 4.60. The molecule has 0 saturated carbocycles. The molecule has 2 heterocycles. The zero-order valence-corrected chi connectivity index (χ0v) is 9.57. The summed E-state index contributed by atoms with van der Waals surface area (Å²) in [7, 11) is 0. The first-order valence-corrected chi connectivity index (χ1v) is 5.98. The van der Waals surface area contributed by atoms with Crippen LogP contribution >= 0.6 is 0 Å². The molecule has 0 bridgehead atoms. The topological polar surface area (TPSA) is 53.5 Å². The monoisotopic (exact) mass is 229 g/mol. The van der Waals surface area contributed by atoms with Gasteiger partial charge in [-0.25, -0.2) is 5.43 Å². The number of piperidine rings is 1. The normalized spacial score (nSPS) is 22.4. The van der Waals surface area contributed by atoms with E-state index in [0.717, 1.165) is 37.2 Å². The van der Waals surface area contributed by atoms with Crippen molar-refractivity contribution < 1.29 is 4.79 Å². The number of nitrogens with one attached hydrogen (secondary N) is 2. The van der Waals surface area contributed by atoms with Crippen molar-refractivity contribution in [3.8, 4) is 0 Å². The van der Waals surface area contributed by atoms with Gasteiger partial charge in [-0.05, 0) is 31.5 Å². The van der Waals surface area contributed by atoms with Gasteiger partial charge in [0.1, 0.15) is 0 Å². The Bertz CT molecular complexity index is 461. The highest BCUT2D eigenvalue weighted by Crippen LogP contribution is 2.36. The van der Waals surface area contributed by atoms with Crippen molar-refractivity contribution in [2.24, 2.45) is 10.5 Å². The first-order chi connectivity index (χ1) is 8.33. The molecule has 1 fully saturated rings. The van der Waals surface area contributed by atoms with Crippen LogP contribution in [-0.2, 0) is 4.79 Å². The van der Waals surface area contributed by atoms with Gasteiger partial charge in [-0.15, -0.1) is 0 Å². The van der Waals surface area contributed by atoms with Gasteiger partial charge in [-0.1, -0.05) is 30.3 Å². The third-order valence-corrected chi connectivity index (χ3v) is 3.66. The number of hydrogen-bond acceptors (Lipinski definition) is 3. The van der Waals surface area contributed by atoms with E-state index in [2.05, 4.69) is 15.8 Å². The molecule has 4 nitrogen and oxygen atoms in total. The lowest BCUT2D eigenvalue weighted by Crippen LogP contribution is -2.46. The van der Waals surface area contributed by atoms with Crippen molar-refractivity contribution >= 4 is 11.6 Å². The Morgan fingerprint density at radius 2 is 1.82 bits per heavy atom. The number of hydrogen-bond donors (Lipinski definition) is 2. The lowest BCUT2D eigenvalue weighted by Gasteiger charge is -2.32. The average molecular weight is 229 g/mol. The summed E-state index contributed by atoms with van der Waals surface area (Å²) in [4.78, 5) is 12.1. The fraction of sp³-hybridized carbons (Fsp3) is 0.385. The molecule has 3 rings (SSSR count). The Balaban J connectivity index is 2.01. The second kappa shape index (κ2) is 3.96. The molecule has 1 amide bonds. The Kier molecular flexibility index (Phi) is 2.44. The quantitative estimate of drug-likeness (QED) is 0.751. The number of carbonyl (C=O) groups excluding carboxylic acids is 1. The molecule has 2 aliphatic heterocycles. The summed E-state index contributed by atoms with van der Waals surface area (Å²) in [6, 6.07) is 9.97. The van der Waals surface area contributed by atoms with Crippen LogP contribution in [-0.4, -0.2) is 24.7 Å². The van der Waals surface area contributed by atoms with Gasteiger partial charge < -0.3 is 5.32 Å². The molecule has 0 atom stereocenters. The van der Waals surface area contributed by atoms with Crippen molar-refractivity contribution in [3.05, 3.63) is 35.9 Å². The molecular weight excluding hydrogens is 214 g/mol. The van der Waals surface area contributed by atoms with Crippen LogP contribution in [0.2, 0.25) is 0 Å². The van der Waals surface area contributed by atoms with Crippen molar-refractivity contribution in [1.82, 2.24) is 10.7 Å². The van der Waals surface area contributed by atoms with Crippen LogP contribution in [0.1, 0.15) is 18.4 Å². The summed E-state index contributed by atoms with van der Waals surface area (Å²) in [5.41, 5.74) is 4.20. The maximum absolute atomic E-state index is 12.1. The Labute approximate surface area is 100 Å². The van der Waals surface area contributed by atoms with Crippen molar-refractivity contribution in [2.75, 3.05) is 13.1 Å². The van der Waals surface area contributed by atoms with Crippen LogP contribution in [0.25, 0.3) is 0 Å². The van der Waals surface area contributed by atoms with Gasteiger partial charge in [0, 0.05) is 0 Å². The lowest BCUT2D eigenvalue weighted by atomic mass is 9.73. The minimum atomic E-state index is -0.410. The Morgan fingerprint density at radius 3 is 2.53 bits per heavy atom. The maximum Gasteiger partial charge on any atom is 0.252 e. The minimum absolute atomic E-state index is 0.0536. The zero-order valence-electron chi connectivity index (χ0n) is 9.57. The van der Waals surface area contributed by atoms with E-state index in [9.17, 15) is 4.79 Å². The first-order valence-electron chi connectivity index (χ1n) is 5.98. The standard InChI is InChI=1S/C13H15N3O/c17-12-13(6-8-14-9-7-13)11(15-16-12)10-4-2-1-3-5-10/h1-5,14H,6-9H2,(H,16,17). The average Bonchev–Trinajstić information content (AvgIpc) is 2.69. The fourth-order valence-corrected chi connectivity index (χ4v) is 2.68. The molecule has 0 radical (unpaired) electrons. The van der Waals surface area contributed by atoms with E-state index in [1.807, 2.05) is 30.3 Å². The van der Waals surface area contributed by atoms with Gasteiger partial charge in [-0.3, -0.25) is 4.79 Å². The van der Waals surface area contributed by atoms with E-state index >= 15 is 0 Å². The molecule has 88 valence electrons. The molecule has 2 N–H and O–H groups in total. The second-order valence-electron chi connectivity index (χ2n) is 4.60. The molecule has 0 unspecified atom stereocenters. The molecule has 0 aromatic heterocycles. The van der Waals surface area contributed by atoms with E-state index in [1.165, 1.54) is 0 Å². The van der Waals surface area contributed by atoms with Gasteiger partial charge in [0.15, 0.2) is 0 Å². The molecule has 4 heteroatoms. The third kappa shape index (κ3) is 1.56. The molecule has 2 aliphatic rings. The van der Waals surface area contributed by atoms with Crippen LogP contribution in [0.5, 0.6) is 0 Å². The Hall–Kier alpha value is -1.68. The summed E-state index contributed by atoms with van der Waals surface area (Å²) in [5, 5.41) is 7.55. The van der Waals surface area contributed by atoms with E-state index < -0.39 is 5.41 Å². The van der Waals surface area contributed by atoms with Crippen molar-refractivity contribution in [3.63, 3.8) is 0 Å². The van der Waals surface area contributed by atoms with Crippen LogP contribution in [0.15, 0.2) is 35.4 Å². The fourth-order valence-electron chi connectivity index (χ4n) is 2.68. The third-order valence-electron chi connectivity index (χ3n) is 3.66. The van der Waals surface area contributed by atoms with Gasteiger partial charge in [-0.2, -0.15) is 5.10 Å². The molecule has 1 aromatic carbocycles. The molecule has 1 spiro atoms. The summed E-state index contributed by atoms with van der Waals surface area (Å²) < 4.78 is 0. The van der Waals surface area contributed by atoms with Gasteiger partial charge in [0.05, 0.1) is 11.1 Å². The van der Waals surface area contributed by atoms with E-state index in [1.54, 1.807) is 0 Å². The molecule has 1 aromatic rings. The van der Waals surface area contributed by atoms with Gasteiger partial charge in [0.25, 0.3) is 5.91 Å². The predicted octanol–water partition coefficient (Wildman–Crippen LogP) is 0.890. The number of rotatable bonds is 1. The zero-order chi connectivity index (χ0) is 11.7. The SMILES string of the molecule is O=C1NN=C(c2ccccc2)C12CCNCC2. The highest BCUT2D eigenvalue weighted by molar-refractivity contribution is 6.19. The summed E-state index contributed by atoms with van der Waals surface area (Å²) >= 11 is 0. The molecule has 17 heavy (non-hydrogen) atoms. The van der Waals surface area contributed by atoms with Crippen LogP contribution in [0, 0.1) is 5.41 Å². The lowest BCUT2D eigenvalue weighted by molar-refractivity contribution is -0.127. The number of benzene rings is 1. The minimum Gasteiger partial charge on any atom is -0.317 e. The molecule has 1 saturated heterocycles. The number of nitrogens with zero attached hydrogens (tertiary/aromatic N) is 1. The smallest absolute Gasteiger partial charge is 0.252 e. The van der Waals surface area contributed by atoms with Crippen molar-refractivity contribution in [2.45, 2.75) is 12.8 Å². The number of hydrazone groups is 1. The summed E-state index contributed by atoms with van der Waals surface area (Å²) in [5.74, 6) is 0.0536. The van der Waals surface area contributed by atoms with Gasteiger partial charge in [0.2, 0.25) is 0 Å². The highest BCUT2D eigenvalue weighted by Gasteiger charge is 2.48. The van der Waals surface area contributed by atoms with Crippen molar-refractivity contribution in [1.29, 1.82) is 0 Å². The molecular formula is C13H15N3O. The summed E-state index contributed by atoms with van der Waals surface area (Å²) in [6.07, 6.45) is 1.65. The van der Waals surface area contributed by atoms with Crippen LogP contribution in [0.4, 0.5) is 0 Å². The van der Waals surface area contributed by atoms with Crippen LogP contribution in [0.3, 0.4) is 0 Å². The Morgan fingerprint density at radius 1 is 1.12 bits per heavy atom. The van der Waals surface area contributed by atoms with E-state index in [-0.39, 0.29) is 5.91 Å². The largest absolute Gasteiger partial charge is 0.317 e. The number of amides is 1. The summed E-state index contributed by atoms with van der Waals surface area (Å²) in [6.45, 7) is 1.75. The van der Waals surface area contributed by atoms with Crippen LogP contribution < -0.4 is 10.7 Å². The highest BCUT2D eigenvalue weighted by atomic mass is 16.2. The van der Waals surface area contributed by atoms with E-state index in [0.29, 0.717) is 0 Å². The number of carbonyl (C=O) groups is 1. The van der Waals surface area contributed by atoms with E-state index in [4.69, 9.17) is 0 Å². The maximum atomic E-state index is 12.1.